The Morgan fingerprint density at radius 2 is 1.92 bits per heavy atom. The van der Waals surface area contributed by atoms with Crippen LogP contribution in [0.2, 0.25) is 10.0 Å². The van der Waals surface area contributed by atoms with E-state index in [-0.39, 0.29) is 27.3 Å². The first-order valence-corrected chi connectivity index (χ1v) is 4.59. The van der Waals surface area contributed by atoms with Gasteiger partial charge in [0.05, 0.1) is 15.9 Å². The first-order chi connectivity index (χ1) is 6.07. The molecule has 1 rings (SSSR count). The average Bonchev–Trinajstić information content (AvgIpc) is 2.13. The van der Waals surface area contributed by atoms with Gasteiger partial charge in [0.15, 0.2) is 5.78 Å². The van der Waals surface area contributed by atoms with E-state index in [9.17, 15) is 9.18 Å². The molecule has 0 amide bonds. The zero-order chi connectivity index (χ0) is 10.0. The third-order valence-electron chi connectivity index (χ3n) is 1.46. The molecule has 0 saturated heterocycles. The predicted octanol–water partition coefficient (Wildman–Crippen LogP) is 3.55. The fraction of sp³-hybridized carbons (Fsp3) is 0.125. The number of Topliss-reactive ketones (excluding diaryl/α,β-unsaturated/α-hetero) is 1. The lowest BCUT2D eigenvalue weighted by Crippen LogP contribution is -2.01. The second-order valence-corrected chi connectivity index (χ2v) is 3.30. The number of benzene rings is 1. The SMILES string of the molecule is O=C(CCl)c1ccc(F)c(Cl)c1Cl. The molecule has 0 aliphatic rings. The van der Waals surface area contributed by atoms with E-state index in [1.165, 1.54) is 6.07 Å². The topological polar surface area (TPSA) is 17.1 Å². The number of ketones is 1. The molecule has 1 aromatic carbocycles. The van der Waals surface area contributed by atoms with E-state index < -0.39 is 5.82 Å². The number of carbonyl (C=O) groups is 1. The lowest BCUT2D eigenvalue weighted by atomic mass is 10.1. The molecule has 0 radical (unpaired) electrons. The van der Waals surface area contributed by atoms with Crippen LogP contribution >= 0.6 is 34.8 Å². The Balaban J connectivity index is 3.26. The molecular weight excluding hydrogens is 237 g/mol. The summed E-state index contributed by atoms with van der Waals surface area (Å²) in [6.07, 6.45) is 0. The number of hydrogen-bond donors (Lipinski definition) is 0. The van der Waals surface area contributed by atoms with E-state index in [0.717, 1.165) is 6.07 Å². The van der Waals surface area contributed by atoms with Gasteiger partial charge in [-0.3, -0.25) is 4.79 Å². The molecule has 0 fully saturated rings. The molecule has 70 valence electrons. The minimum Gasteiger partial charge on any atom is -0.293 e. The van der Waals surface area contributed by atoms with Gasteiger partial charge < -0.3 is 0 Å². The molecule has 13 heavy (non-hydrogen) atoms. The van der Waals surface area contributed by atoms with E-state index >= 15 is 0 Å². The first kappa shape index (κ1) is 10.8. The van der Waals surface area contributed by atoms with Crippen LogP contribution in [0.5, 0.6) is 0 Å². The third-order valence-corrected chi connectivity index (χ3v) is 2.56. The Morgan fingerprint density at radius 3 is 2.46 bits per heavy atom. The first-order valence-electron chi connectivity index (χ1n) is 3.30. The molecule has 0 aromatic heterocycles. The Morgan fingerprint density at radius 1 is 1.31 bits per heavy atom. The monoisotopic (exact) mass is 240 g/mol. The molecular formula is C8H4Cl3FO. The summed E-state index contributed by atoms with van der Waals surface area (Å²) in [6.45, 7) is 0. The number of carbonyl (C=O) groups excluding carboxylic acids is 1. The molecule has 0 aliphatic heterocycles. The van der Waals surface area contributed by atoms with Gasteiger partial charge in [0, 0.05) is 5.56 Å². The second kappa shape index (κ2) is 4.27. The highest BCUT2D eigenvalue weighted by molar-refractivity contribution is 6.45. The largest absolute Gasteiger partial charge is 0.293 e. The van der Waals surface area contributed by atoms with Crippen LogP contribution in [0.15, 0.2) is 12.1 Å². The highest BCUT2D eigenvalue weighted by Gasteiger charge is 2.14. The molecule has 1 aromatic rings. The third kappa shape index (κ3) is 2.13. The smallest absolute Gasteiger partial charge is 0.179 e. The van der Waals surface area contributed by atoms with Crippen molar-refractivity contribution in [1.29, 1.82) is 0 Å². The van der Waals surface area contributed by atoms with Gasteiger partial charge in [-0.1, -0.05) is 23.2 Å². The molecule has 0 N–H and O–H groups in total. The van der Waals surface area contributed by atoms with Crippen molar-refractivity contribution in [2.75, 3.05) is 5.88 Å². The van der Waals surface area contributed by atoms with Crippen LogP contribution in [0.4, 0.5) is 4.39 Å². The standard InChI is InChI=1S/C8H4Cl3FO/c9-3-6(13)4-1-2-5(12)8(11)7(4)10/h1-2H,3H2. The number of rotatable bonds is 2. The van der Waals surface area contributed by atoms with Crippen LogP contribution in [0, 0.1) is 5.82 Å². The Kier molecular flexibility index (Phi) is 3.54. The predicted molar refractivity (Wildman–Crippen MR) is 51.5 cm³/mol. The van der Waals surface area contributed by atoms with Crippen LogP contribution in [0.1, 0.15) is 10.4 Å². The van der Waals surface area contributed by atoms with Gasteiger partial charge in [-0.25, -0.2) is 4.39 Å². The van der Waals surface area contributed by atoms with E-state index in [4.69, 9.17) is 34.8 Å². The minimum atomic E-state index is -0.655. The van der Waals surface area contributed by atoms with Crippen molar-refractivity contribution in [3.05, 3.63) is 33.6 Å². The second-order valence-electron chi connectivity index (χ2n) is 2.28. The fourth-order valence-corrected chi connectivity index (χ4v) is 1.38. The summed E-state index contributed by atoms with van der Waals surface area (Å²) < 4.78 is 12.8. The Labute approximate surface area is 89.4 Å². The highest BCUT2D eigenvalue weighted by Crippen LogP contribution is 2.28. The summed E-state index contributed by atoms with van der Waals surface area (Å²) in [4.78, 5) is 11.1. The maximum absolute atomic E-state index is 12.8. The van der Waals surface area contributed by atoms with Crippen LogP contribution in [0.25, 0.3) is 0 Å². The van der Waals surface area contributed by atoms with E-state index in [1.54, 1.807) is 0 Å². The minimum absolute atomic E-state index is 0.0904. The zero-order valence-corrected chi connectivity index (χ0v) is 8.55. The normalized spacial score (nSPS) is 10.2. The lowest BCUT2D eigenvalue weighted by molar-refractivity contribution is 0.102. The van der Waals surface area contributed by atoms with Crippen LogP contribution < -0.4 is 0 Å². The number of alkyl halides is 1. The van der Waals surface area contributed by atoms with Crippen molar-refractivity contribution < 1.29 is 9.18 Å². The molecule has 0 unspecified atom stereocenters. The quantitative estimate of drug-likeness (QED) is 0.440. The van der Waals surface area contributed by atoms with Gasteiger partial charge in [-0.05, 0) is 12.1 Å². The Bertz CT molecular complexity index is 351. The molecule has 0 spiro atoms. The van der Waals surface area contributed by atoms with Crippen LogP contribution in [-0.2, 0) is 0 Å². The van der Waals surface area contributed by atoms with Gasteiger partial charge in [-0.15, -0.1) is 11.6 Å². The van der Waals surface area contributed by atoms with E-state index in [1.807, 2.05) is 0 Å². The van der Waals surface area contributed by atoms with Gasteiger partial charge >= 0.3 is 0 Å². The Hall–Kier alpha value is -0.310. The van der Waals surface area contributed by atoms with Gasteiger partial charge in [0.1, 0.15) is 5.82 Å². The van der Waals surface area contributed by atoms with Crippen molar-refractivity contribution in [2.45, 2.75) is 0 Å². The molecule has 5 heteroatoms. The van der Waals surface area contributed by atoms with E-state index in [2.05, 4.69) is 0 Å². The van der Waals surface area contributed by atoms with Crippen molar-refractivity contribution in [1.82, 2.24) is 0 Å². The molecule has 0 atom stereocenters. The summed E-state index contributed by atoms with van der Waals surface area (Å²) in [5.74, 6) is -1.24. The van der Waals surface area contributed by atoms with Crippen molar-refractivity contribution in [3.8, 4) is 0 Å². The van der Waals surface area contributed by atoms with Crippen molar-refractivity contribution >= 4 is 40.6 Å². The summed E-state index contributed by atoms with van der Waals surface area (Å²) >= 11 is 16.4. The summed E-state index contributed by atoms with van der Waals surface area (Å²) in [5, 5.41) is -0.343. The van der Waals surface area contributed by atoms with E-state index in [0.29, 0.717) is 0 Å². The summed E-state index contributed by atoms with van der Waals surface area (Å²) in [5.41, 5.74) is 0.142. The maximum Gasteiger partial charge on any atom is 0.179 e. The van der Waals surface area contributed by atoms with Crippen molar-refractivity contribution in [3.63, 3.8) is 0 Å². The summed E-state index contributed by atoms with van der Waals surface area (Å²) in [6, 6.07) is 2.34. The molecule has 0 bridgehead atoms. The molecule has 0 heterocycles. The number of hydrogen-bond acceptors (Lipinski definition) is 1. The molecule has 1 nitrogen and oxygen atoms in total. The fourth-order valence-electron chi connectivity index (χ4n) is 0.813. The van der Waals surface area contributed by atoms with Crippen LogP contribution in [0.3, 0.4) is 0 Å². The van der Waals surface area contributed by atoms with Gasteiger partial charge in [-0.2, -0.15) is 0 Å². The average molecular weight is 241 g/mol. The van der Waals surface area contributed by atoms with Crippen molar-refractivity contribution in [2.24, 2.45) is 0 Å². The zero-order valence-electron chi connectivity index (χ0n) is 6.28. The van der Waals surface area contributed by atoms with Gasteiger partial charge in [0.2, 0.25) is 0 Å². The summed E-state index contributed by atoms with van der Waals surface area (Å²) in [7, 11) is 0. The number of halogens is 4. The molecule has 0 saturated carbocycles. The highest BCUT2D eigenvalue weighted by atomic mass is 35.5. The molecule has 0 aliphatic carbocycles. The van der Waals surface area contributed by atoms with Gasteiger partial charge in [0.25, 0.3) is 0 Å². The maximum atomic E-state index is 12.8. The lowest BCUT2D eigenvalue weighted by Gasteiger charge is -2.02. The van der Waals surface area contributed by atoms with Crippen LogP contribution in [-0.4, -0.2) is 11.7 Å².